The summed E-state index contributed by atoms with van der Waals surface area (Å²) in [4.78, 5) is 4.81. The van der Waals surface area contributed by atoms with Crippen LogP contribution in [-0.2, 0) is 22.6 Å². The number of nitrogens with zero attached hydrogens (tertiary/aromatic N) is 6. The maximum absolute atomic E-state index is 6.66. The maximum atomic E-state index is 6.66. The number of rotatable bonds is 15. The Labute approximate surface area is 290 Å². The van der Waals surface area contributed by atoms with Gasteiger partial charge in [-0.25, -0.2) is 0 Å². The van der Waals surface area contributed by atoms with Crippen molar-refractivity contribution < 1.29 is 9.47 Å². The molecule has 2 aliphatic carbocycles. The van der Waals surface area contributed by atoms with E-state index >= 15 is 0 Å². The van der Waals surface area contributed by atoms with Crippen LogP contribution in [0.4, 0.5) is 0 Å². The fraction of sp³-hybridized carbons (Fsp3) is 0.842. The van der Waals surface area contributed by atoms with Crippen LogP contribution >= 0.6 is 0 Å². The molecule has 2 aromatic rings. The summed E-state index contributed by atoms with van der Waals surface area (Å²) in [7, 11) is 6.45. The SMILES string of the molecule is CNCCN(C)Cc1ccnn1C1CCC2(CC1)CC(C)(CCNCCN(C)Cc1ccnn1C1CCC3(CC1)CC(C)(C)CO3)CO2. The Balaban J connectivity index is 0.882. The average molecular weight is 667 g/mol. The lowest BCUT2D eigenvalue weighted by Gasteiger charge is -2.38. The Morgan fingerprint density at radius 3 is 1.79 bits per heavy atom. The predicted molar refractivity (Wildman–Crippen MR) is 192 cm³/mol. The standard InChI is InChI=1S/C38H66N8O2/c1-35(2)27-37(47-29-35)13-7-31(8-14-37)45-34(12-19-41-45)26-44(6)24-22-40-20-17-36(3)28-38(48-30-36)15-9-32(10-16-38)46-33(11-18-42-46)25-43(5)23-21-39-4/h11-12,18-19,31-32,39-40H,7-10,13-17,20-30H2,1-6H3. The van der Waals surface area contributed by atoms with Crippen molar-refractivity contribution in [2.45, 2.75) is 128 Å². The van der Waals surface area contributed by atoms with Crippen LogP contribution in [0.5, 0.6) is 0 Å². The van der Waals surface area contributed by atoms with Crippen molar-refractivity contribution in [2.24, 2.45) is 10.8 Å². The molecule has 2 saturated heterocycles. The van der Waals surface area contributed by atoms with Crippen LogP contribution in [0.25, 0.3) is 0 Å². The molecule has 10 heteroatoms. The van der Waals surface area contributed by atoms with Crippen molar-refractivity contribution >= 4 is 0 Å². The molecule has 2 saturated carbocycles. The van der Waals surface area contributed by atoms with Crippen LogP contribution in [0.2, 0.25) is 0 Å². The summed E-state index contributed by atoms with van der Waals surface area (Å²) in [5.74, 6) is 0. The Kier molecular flexibility index (Phi) is 11.4. The molecule has 48 heavy (non-hydrogen) atoms. The zero-order chi connectivity index (χ0) is 33.8. The molecule has 0 aromatic carbocycles. The minimum atomic E-state index is 0.0605. The van der Waals surface area contributed by atoms with Crippen LogP contribution in [0.3, 0.4) is 0 Å². The second-order valence-electron chi connectivity index (χ2n) is 17.3. The Hall–Kier alpha value is -1.82. The maximum Gasteiger partial charge on any atom is 0.0690 e. The van der Waals surface area contributed by atoms with E-state index in [0.717, 1.165) is 97.6 Å². The third kappa shape index (κ3) is 8.72. The highest BCUT2D eigenvalue weighted by molar-refractivity contribution is 5.06. The molecule has 4 fully saturated rings. The highest BCUT2D eigenvalue weighted by Crippen LogP contribution is 2.51. The summed E-state index contributed by atoms with van der Waals surface area (Å²) < 4.78 is 17.7. The first-order valence-corrected chi connectivity index (χ1v) is 19.1. The van der Waals surface area contributed by atoms with Crippen molar-refractivity contribution in [3.05, 3.63) is 35.9 Å². The van der Waals surface area contributed by atoms with Crippen LogP contribution in [-0.4, -0.2) is 108 Å². The summed E-state index contributed by atoms with van der Waals surface area (Å²) in [6, 6.07) is 5.39. The molecule has 10 nitrogen and oxygen atoms in total. The molecule has 0 bridgehead atoms. The average Bonchev–Trinajstić information content (AvgIpc) is 3.84. The van der Waals surface area contributed by atoms with Gasteiger partial charge in [0.15, 0.2) is 0 Å². The number of hydrogen-bond donors (Lipinski definition) is 2. The normalized spacial score (nSPS) is 32.0. The van der Waals surface area contributed by atoms with E-state index in [1.54, 1.807) is 0 Å². The van der Waals surface area contributed by atoms with Crippen molar-refractivity contribution in [1.82, 2.24) is 40.0 Å². The summed E-state index contributed by atoms with van der Waals surface area (Å²) in [6.07, 6.45) is 16.8. The van der Waals surface area contributed by atoms with Gasteiger partial charge in [-0.15, -0.1) is 0 Å². The molecule has 1 unspecified atom stereocenters. The van der Waals surface area contributed by atoms with E-state index in [0.29, 0.717) is 17.5 Å². The van der Waals surface area contributed by atoms with Crippen molar-refractivity contribution in [2.75, 3.05) is 67.1 Å². The lowest BCUT2D eigenvalue weighted by atomic mass is 9.73. The minimum Gasteiger partial charge on any atom is -0.374 e. The van der Waals surface area contributed by atoms with Gasteiger partial charge in [-0.05, 0) is 121 Å². The Morgan fingerprint density at radius 1 is 0.750 bits per heavy atom. The molecule has 4 heterocycles. The lowest BCUT2D eigenvalue weighted by molar-refractivity contribution is -0.0357. The first-order chi connectivity index (χ1) is 23.0. The van der Waals surface area contributed by atoms with Gasteiger partial charge in [-0.2, -0.15) is 10.2 Å². The zero-order valence-corrected chi connectivity index (χ0v) is 31.1. The smallest absolute Gasteiger partial charge is 0.0690 e. The van der Waals surface area contributed by atoms with E-state index in [2.05, 4.69) is 76.8 Å². The van der Waals surface area contributed by atoms with Gasteiger partial charge in [0.05, 0.1) is 47.9 Å². The van der Waals surface area contributed by atoms with Gasteiger partial charge in [0, 0.05) is 51.7 Å². The number of likely N-dealkylation sites (N-methyl/N-ethyl adjacent to an activating group) is 3. The first kappa shape index (κ1) is 36.0. The molecule has 2 aliphatic heterocycles. The van der Waals surface area contributed by atoms with Crippen LogP contribution in [0, 0.1) is 10.8 Å². The molecule has 2 N–H and O–H groups in total. The van der Waals surface area contributed by atoms with Crippen molar-refractivity contribution in [3.8, 4) is 0 Å². The highest BCUT2D eigenvalue weighted by Gasteiger charge is 2.49. The van der Waals surface area contributed by atoms with Crippen LogP contribution in [0.15, 0.2) is 24.5 Å². The van der Waals surface area contributed by atoms with Gasteiger partial charge < -0.3 is 20.1 Å². The number of ether oxygens (including phenoxy) is 2. The van der Waals surface area contributed by atoms with E-state index < -0.39 is 0 Å². The second-order valence-corrected chi connectivity index (χ2v) is 17.3. The lowest BCUT2D eigenvalue weighted by Crippen LogP contribution is -2.36. The molecule has 2 aromatic heterocycles. The van der Waals surface area contributed by atoms with Crippen LogP contribution < -0.4 is 10.6 Å². The van der Waals surface area contributed by atoms with E-state index in [9.17, 15) is 0 Å². The van der Waals surface area contributed by atoms with Crippen LogP contribution in [0.1, 0.15) is 115 Å². The van der Waals surface area contributed by atoms with E-state index in [1.165, 1.54) is 43.5 Å². The third-order valence-electron chi connectivity index (χ3n) is 12.2. The minimum absolute atomic E-state index is 0.0605. The summed E-state index contributed by atoms with van der Waals surface area (Å²) >= 11 is 0. The van der Waals surface area contributed by atoms with Gasteiger partial charge in [-0.3, -0.25) is 19.2 Å². The van der Waals surface area contributed by atoms with E-state index in [4.69, 9.17) is 19.7 Å². The molecular weight excluding hydrogens is 600 g/mol. The van der Waals surface area contributed by atoms with Gasteiger partial charge in [-0.1, -0.05) is 20.8 Å². The predicted octanol–water partition coefficient (Wildman–Crippen LogP) is 5.42. The van der Waals surface area contributed by atoms with Gasteiger partial charge in [0.1, 0.15) is 0 Å². The van der Waals surface area contributed by atoms with Crippen molar-refractivity contribution in [3.63, 3.8) is 0 Å². The molecule has 6 rings (SSSR count). The highest BCUT2D eigenvalue weighted by atomic mass is 16.5. The molecule has 270 valence electrons. The molecular formula is C38H66N8O2. The Bertz CT molecular complexity index is 1290. The number of aromatic nitrogens is 4. The quantitative estimate of drug-likeness (QED) is 0.244. The molecule has 1 atom stereocenters. The van der Waals surface area contributed by atoms with Crippen molar-refractivity contribution in [1.29, 1.82) is 0 Å². The molecule has 2 spiro atoms. The summed E-state index contributed by atoms with van der Waals surface area (Å²) in [5.41, 5.74) is 3.41. The second kappa shape index (κ2) is 15.2. The third-order valence-corrected chi connectivity index (χ3v) is 12.2. The fourth-order valence-corrected chi connectivity index (χ4v) is 9.47. The summed E-state index contributed by atoms with van der Waals surface area (Å²) in [5, 5.41) is 16.6. The van der Waals surface area contributed by atoms with Gasteiger partial charge in [0.2, 0.25) is 0 Å². The fourth-order valence-electron chi connectivity index (χ4n) is 9.47. The van der Waals surface area contributed by atoms with Gasteiger partial charge in [0.25, 0.3) is 0 Å². The molecule has 4 aliphatic rings. The largest absolute Gasteiger partial charge is 0.374 e. The number of hydrogen-bond acceptors (Lipinski definition) is 8. The summed E-state index contributed by atoms with van der Waals surface area (Å²) in [6.45, 7) is 15.9. The molecule has 0 amide bonds. The topological polar surface area (TPSA) is 84.6 Å². The molecule has 0 radical (unpaired) electrons. The van der Waals surface area contributed by atoms with E-state index in [-0.39, 0.29) is 16.6 Å². The zero-order valence-electron chi connectivity index (χ0n) is 31.1. The Morgan fingerprint density at radius 2 is 1.27 bits per heavy atom. The van der Waals surface area contributed by atoms with E-state index in [1.807, 2.05) is 19.4 Å². The number of nitrogens with one attached hydrogen (secondary N) is 2. The first-order valence-electron chi connectivity index (χ1n) is 19.1. The monoisotopic (exact) mass is 667 g/mol. The van der Waals surface area contributed by atoms with Gasteiger partial charge >= 0.3 is 0 Å².